The van der Waals surface area contributed by atoms with Gasteiger partial charge in [0, 0.05) is 16.8 Å². The second kappa shape index (κ2) is 4.85. The maximum atomic E-state index is 5.69. The van der Waals surface area contributed by atoms with Gasteiger partial charge in [-0.25, -0.2) is 4.98 Å². The summed E-state index contributed by atoms with van der Waals surface area (Å²) in [6.07, 6.45) is 0. The summed E-state index contributed by atoms with van der Waals surface area (Å²) < 4.78 is 0. The van der Waals surface area contributed by atoms with E-state index in [-0.39, 0.29) is 0 Å². The minimum absolute atomic E-state index is 0.758. The number of hydrogen-bond acceptors (Lipinski definition) is 3. The Morgan fingerprint density at radius 3 is 2.45 bits per heavy atom. The molecule has 1 aromatic heterocycles. The molecule has 1 heterocycles. The average molecular weight is 263 g/mol. The fourth-order valence-electron chi connectivity index (χ4n) is 2.29. The van der Waals surface area contributed by atoms with Gasteiger partial charge in [-0.1, -0.05) is 11.6 Å². The van der Waals surface area contributed by atoms with Crippen LogP contribution in [0.15, 0.2) is 48.5 Å². The number of hydrogen-bond donors (Lipinski definition) is 2. The molecule has 0 aliphatic heterocycles. The number of nitrogens with zero attached hydrogens (tertiary/aromatic N) is 1. The molecular formula is C17H17N3. The summed E-state index contributed by atoms with van der Waals surface area (Å²) in [5.74, 6) is 0.851. The molecule has 20 heavy (non-hydrogen) atoms. The third-order valence-electron chi connectivity index (χ3n) is 3.35. The van der Waals surface area contributed by atoms with Crippen LogP contribution in [0.5, 0.6) is 0 Å². The van der Waals surface area contributed by atoms with Gasteiger partial charge < -0.3 is 11.1 Å². The predicted octanol–water partition coefficient (Wildman–Crippen LogP) is 4.18. The Morgan fingerprint density at radius 1 is 0.950 bits per heavy atom. The number of fused-ring (bicyclic) bond motifs is 1. The van der Waals surface area contributed by atoms with Crippen molar-refractivity contribution >= 4 is 28.1 Å². The molecule has 0 fully saturated rings. The first-order valence-electron chi connectivity index (χ1n) is 6.62. The monoisotopic (exact) mass is 263 g/mol. The highest BCUT2D eigenvalue weighted by atomic mass is 15.0. The van der Waals surface area contributed by atoms with E-state index in [9.17, 15) is 0 Å². The Kier molecular flexibility index (Phi) is 3.03. The number of nitrogens with one attached hydrogen (secondary N) is 1. The summed E-state index contributed by atoms with van der Waals surface area (Å²) in [5.41, 5.74) is 10.9. The number of nitrogen functional groups attached to an aromatic ring is 1. The van der Waals surface area contributed by atoms with E-state index < -0.39 is 0 Å². The Morgan fingerprint density at radius 2 is 1.70 bits per heavy atom. The highest BCUT2D eigenvalue weighted by Crippen LogP contribution is 2.23. The van der Waals surface area contributed by atoms with E-state index in [1.54, 1.807) is 0 Å². The molecule has 3 N–H and O–H groups in total. The van der Waals surface area contributed by atoms with Crippen LogP contribution in [-0.2, 0) is 0 Å². The third kappa shape index (κ3) is 2.43. The highest BCUT2D eigenvalue weighted by Gasteiger charge is 2.03. The van der Waals surface area contributed by atoms with Crippen molar-refractivity contribution in [1.29, 1.82) is 0 Å². The molecule has 0 bridgehead atoms. The summed E-state index contributed by atoms with van der Waals surface area (Å²) in [4.78, 5) is 4.65. The molecule has 0 aliphatic rings. The lowest BCUT2D eigenvalue weighted by molar-refractivity contribution is 1.33. The molecule has 0 radical (unpaired) electrons. The Labute approximate surface area is 118 Å². The smallest absolute Gasteiger partial charge is 0.131 e. The molecule has 2 aromatic carbocycles. The molecule has 3 nitrogen and oxygen atoms in total. The van der Waals surface area contributed by atoms with Gasteiger partial charge in [-0.15, -0.1) is 0 Å². The van der Waals surface area contributed by atoms with Gasteiger partial charge in [0.1, 0.15) is 5.82 Å². The fourth-order valence-corrected chi connectivity index (χ4v) is 2.29. The van der Waals surface area contributed by atoms with Gasteiger partial charge in [0.2, 0.25) is 0 Å². The molecule has 100 valence electrons. The summed E-state index contributed by atoms with van der Waals surface area (Å²) in [7, 11) is 0. The maximum absolute atomic E-state index is 5.69. The second-order valence-corrected chi connectivity index (χ2v) is 5.09. The van der Waals surface area contributed by atoms with E-state index in [2.05, 4.69) is 48.4 Å². The van der Waals surface area contributed by atoms with Crippen molar-refractivity contribution in [2.75, 3.05) is 11.1 Å². The molecule has 0 spiro atoms. The van der Waals surface area contributed by atoms with E-state index in [4.69, 9.17) is 5.73 Å². The zero-order valence-electron chi connectivity index (χ0n) is 11.6. The van der Waals surface area contributed by atoms with Crippen molar-refractivity contribution in [2.45, 2.75) is 13.8 Å². The molecular weight excluding hydrogens is 246 g/mol. The van der Waals surface area contributed by atoms with Crippen LogP contribution in [0.3, 0.4) is 0 Å². The van der Waals surface area contributed by atoms with Crippen molar-refractivity contribution in [3.05, 3.63) is 59.7 Å². The van der Waals surface area contributed by atoms with Gasteiger partial charge in [0.15, 0.2) is 0 Å². The summed E-state index contributed by atoms with van der Waals surface area (Å²) in [6, 6.07) is 16.0. The van der Waals surface area contributed by atoms with Crippen LogP contribution < -0.4 is 11.1 Å². The minimum Gasteiger partial charge on any atom is -0.399 e. The zero-order valence-corrected chi connectivity index (χ0v) is 11.6. The number of anilines is 3. The first-order chi connectivity index (χ1) is 9.61. The zero-order chi connectivity index (χ0) is 14.1. The minimum atomic E-state index is 0.758. The van der Waals surface area contributed by atoms with E-state index in [1.807, 2.05) is 24.3 Å². The molecule has 0 unspecified atom stereocenters. The van der Waals surface area contributed by atoms with Crippen LogP contribution in [0.1, 0.15) is 11.1 Å². The van der Waals surface area contributed by atoms with Gasteiger partial charge in [0.05, 0.1) is 5.52 Å². The van der Waals surface area contributed by atoms with Crippen LogP contribution in [0, 0.1) is 13.8 Å². The topological polar surface area (TPSA) is 50.9 Å². The van der Waals surface area contributed by atoms with Gasteiger partial charge in [-0.2, -0.15) is 0 Å². The molecule has 0 atom stereocenters. The normalized spacial score (nSPS) is 10.7. The van der Waals surface area contributed by atoms with E-state index in [1.165, 1.54) is 16.5 Å². The number of pyridine rings is 1. The van der Waals surface area contributed by atoms with Gasteiger partial charge in [0.25, 0.3) is 0 Å². The molecule has 0 saturated carbocycles. The fraction of sp³-hybridized carbons (Fsp3) is 0.118. The molecule has 0 amide bonds. The van der Waals surface area contributed by atoms with E-state index in [0.717, 1.165) is 22.7 Å². The summed E-state index contributed by atoms with van der Waals surface area (Å²) in [5, 5.41) is 4.51. The molecule has 0 saturated heterocycles. The van der Waals surface area contributed by atoms with Crippen LogP contribution in [-0.4, -0.2) is 4.98 Å². The quantitative estimate of drug-likeness (QED) is 0.682. The number of aromatic nitrogens is 1. The molecule has 3 rings (SSSR count). The van der Waals surface area contributed by atoms with Gasteiger partial charge in [-0.05, 0) is 61.9 Å². The van der Waals surface area contributed by atoms with Crippen LogP contribution in [0.4, 0.5) is 17.2 Å². The molecule has 3 heteroatoms. The summed E-state index contributed by atoms with van der Waals surface area (Å²) in [6.45, 7) is 4.21. The van der Waals surface area contributed by atoms with Crippen molar-refractivity contribution in [1.82, 2.24) is 4.98 Å². The van der Waals surface area contributed by atoms with Crippen molar-refractivity contribution < 1.29 is 0 Å². The third-order valence-corrected chi connectivity index (χ3v) is 3.35. The predicted molar refractivity (Wildman–Crippen MR) is 85.4 cm³/mol. The van der Waals surface area contributed by atoms with Crippen molar-refractivity contribution in [2.24, 2.45) is 0 Å². The summed E-state index contributed by atoms with van der Waals surface area (Å²) >= 11 is 0. The van der Waals surface area contributed by atoms with Crippen LogP contribution in [0.2, 0.25) is 0 Å². The maximum Gasteiger partial charge on any atom is 0.131 e. The molecule has 3 aromatic rings. The van der Waals surface area contributed by atoms with E-state index >= 15 is 0 Å². The number of aryl methyl sites for hydroxylation is 2. The lowest BCUT2D eigenvalue weighted by Crippen LogP contribution is -1.96. The molecule has 0 aliphatic carbocycles. The number of rotatable bonds is 2. The van der Waals surface area contributed by atoms with Gasteiger partial charge in [-0.3, -0.25) is 0 Å². The highest BCUT2D eigenvalue weighted by molar-refractivity contribution is 5.85. The lowest BCUT2D eigenvalue weighted by Gasteiger charge is -2.10. The Balaban J connectivity index is 2.00. The standard InChI is InChI=1S/C17H17N3/c1-11-3-8-16-15(9-11)12(2)10-17(20-16)19-14-6-4-13(18)5-7-14/h3-10H,18H2,1-2H3,(H,19,20). The number of benzene rings is 2. The van der Waals surface area contributed by atoms with Gasteiger partial charge >= 0.3 is 0 Å². The first kappa shape index (κ1) is 12.5. The largest absolute Gasteiger partial charge is 0.399 e. The SMILES string of the molecule is Cc1ccc2nc(Nc3ccc(N)cc3)cc(C)c2c1. The van der Waals surface area contributed by atoms with Crippen LogP contribution >= 0.6 is 0 Å². The van der Waals surface area contributed by atoms with Crippen molar-refractivity contribution in [3.63, 3.8) is 0 Å². The van der Waals surface area contributed by atoms with Crippen molar-refractivity contribution in [3.8, 4) is 0 Å². The second-order valence-electron chi connectivity index (χ2n) is 5.09. The Bertz CT molecular complexity index is 761. The van der Waals surface area contributed by atoms with E-state index in [0.29, 0.717) is 0 Å². The average Bonchev–Trinajstić information content (AvgIpc) is 2.42. The first-order valence-corrected chi connectivity index (χ1v) is 6.62. The lowest BCUT2D eigenvalue weighted by atomic mass is 10.1. The Hall–Kier alpha value is -2.55. The van der Waals surface area contributed by atoms with Crippen LogP contribution in [0.25, 0.3) is 10.9 Å². The number of nitrogens with two attached hydrogens (primary N) is 1.